The fourth-order valence-electron chi connectivity index (χ4n) is 2.49. The molecule has 0 amide bonds. The second-order valence-electron chi connectivity index (χ2n) is 5.56. The molecule has 0 atom stereocenters. The van der Waals surface area contributed by atoms with Crippen LogP contribution in [-0.4, -0.2) is 30.1 Å². The van der Waals surface area contributed by atoms with Crippen molar-refractivity contribution in [2.75, 3.05) is 19.7 Å². The summed E-state index contributed by atoms with van der Waals surface area (Å²) < 4.78 is 5.77. The quantitative estimate of drug-likeness (QED) is 0.791. The molecule has 0 N–H and O–H groups in total. The number of hydrogen-bond donors (Lipinski definition) is 0. The average Bonchev–Trinajstić information content (AvgIpc) is 2.61. The van der Waals surface area contributed by atoms with Gasteiger partial charge in [0.05, 0.1) is 0 Å². The Morgan fingerprint density at radius 1 is 1.24 bits per heavy atom. The van der Waals surface area contributed by atoms with E-state index in [1.165, 1.54) is 24.9 Å². The molecule has 1 saturated heterocycles. The number of benzene rings is 1. The molecule has 0 aromatic heterocycles. The second kappa shape index (κ2) is 5.09. The fraction of sp³-hybridized carbons (Fsp3) is 0.600. The highest BCUT2D eigenvalue weighted by Gasteiger charge is 2.31. The highest BCUT2D eigenvalue weighted by atomic mass is 16.5. The summed E-state index contributed by atoms with van der Waals surface area (Å²) in [6.07, 6.45) is 2.62. The Hall–Kier alpha value is -1.02. The van der Waals surface area contributed by atoms with Gasteiger partial charge in [-0.2, -0.15) is 0 Å². The zero-order valence-electron chi connectivity index (χ0n) is 11.2. The largest absolute Gasteiger partial charge is 0.492 e. The lowest BCUT2D eigenvalue weighted by Gasteiger charge is -2.31. The van der Waals surface area contributed by atoms with Gasteiger partial charge in [0, 0.05) is 12.1 Å². The SMILES string of the molecule is Cc1ccc(OCCN2CCCC2(C)C)cc1. The Morgan fingerprint density at radius 3 is 2.53 bits per heavy atom. The predicted octanol–water partition coefficient (Wildman–Crippen LogP) is 3.25. The van der Waals surface area contributed by atoms with Crippen molar-refractivity contribution >= 4 is 0 Å². The van der Waals surface area contributed by atoms with Gasteiger partial charge >= 0.3 is 0 Å². The minimum absolute atomic E-state index is 0.358. The molecule has 0 unspecified atom stereocenters. The third-order valence-electron chi connectivity index (χ3n) is 3.72. The van der Waals surface area contributed by atoms with Crippen molar-refractivity contribution in [1.29, 1.82) is 0 Å². The molecule has 2 heteroatoms. The van der Waals surface area contributed by atoms with Gasteiger partial charge in [0.15, 0.2) is 0 Å². The van der Waals surface area contributed by atoms with Gasteiger partial charge in [0.25, 0.3) is 0 Å². The predicted molar refractivity (Wildman–Crippen MR) is 71.6 cm³/mol. The molecule has 1 aromatic carbocycles. The molecule has 0 bridgehead atoms. The van der Waals surface area contributed by atoms with Crippen molar-refractivity contribution in [3.63, 3.8) is 0 Å². The Morgan fingerprint density at radius 2 is 1.94 bits per heavy atom. The molecular formula is C15H23NO. The van der Waals surface area contributed by atoms with E-state index in [1.807, 2.05) is 12.1 Å². The summed E-state index contributed by atoms with van der Waals surface area (Å²) in [5, 5.41) is 0. The smallest absolute Gasteiger partial charge is 0.119 e. The van der Waals surface area contributed by atoms with Gasteiger partial charge in [-0.25, -0.2) is 0 Å². The van der Waals surface area contributed by atoms with Gasteiger partial charge in [-0.3, -0.25) is 4.90 Å². The molecule has 17 heavy (non-hydrogen) atoms. The second-order valence-corrected chi connectivity index (χ2v) is 5.56. The van der Waals surface area contributed by atoms with Crippen LogP contribution >= 0.6 is 0 Å². The molecule has 1 aliphatic rings. The number of nitrogens with zero attached hydrogens (tertiary/aromatic N) is 1. The third-order valence-corrected chi connectivity index (χ3v) is 3.72. The monoisotopic (exact) mass is 233 g/mol. The molecule has 2 nitrogen and oxygen atoms in total. The highest BCUT2D eigenvalue weighted by molar-refractivity contribution is 5.26. The van der Waals surface area contributed by atoms with Crippen molar-refractivity contribution in [2.24, 2.45) is 0 Å². The first-order valence-corrected chi connectivity index (χ1v) is 6.52. The van der Waals surface area contributed by atoms with Crippen molar-refractivity contribution in [2.45, 2.75) is 39.2 Å². The minimum atomic E-state index is 0.358. The van der Waals surface area contributed by atoms with Gasteiger partial charge in [0.1, 0.15) is 12.4 Å². The number of rotatable bonds is 4. The lowest BCUT2D eigenvalue weighted by molar-refractivity contribution is 0.143. The van der Waals surface area contributed by atoms with Crippen molar-refractivity contribution in [3.05, 3.63) is 29.8 Å². The van der Waals surface area contributed by atoms with Crippen molar-refractivity contribution in [3.8, 4) is 5.75 Å². The van der Waals surface area contributed by atoms with Crippen LogP contribution in [0.1, 0.15) is 32.3 Å². The molecule has 1 fully saturated rings. The summed E-state index contributed by atoms with van der Waals surface area (Å²) in [6, 6.07) is 8.28. The van der Waals surface area contributed by atoms with E-state index in [4.69, 9.17) is 4.74 Å². The molecule has 94 valence electrons. The normalized spacial score (nSPS) is 19.5. The van der Waals surface area contributed by atoms with E-state index < -0.39 is 0 Å². The van der Waals surface area contributed by atoms with Gasteiger partial charge in [0.2, 0.25) is 0 Å². The lowest BCUT2D eigenvalue weighted by Crippen LogP contribution is -2.40. The van der Waals surface area contributed by atoms with Gasteiger partial charge in [-0.15, -0.1) is 0 Å². The van der Waals surface area contributed by atoms with E-state index in [-0.39, 0.29) is 0 Å². The summed E-state index contributed by atoms with van der Waals surface area (Å²) in [5.41, 5.74) is 1.63. The van der Waals surface area contributed by atoms with Gasteiger partial charge in [-0.1, -0.05) is 17.7 Å². The maximum atomic E-state index is 5.77. The van der Waals surface area contributed by atoms with Gasteiger partial charge in [-0.05, 0) is 52.3 Å². The van der Waals surface area contributed by atoms with Crippen LogP contribution < -0.4 is 4.74 Å². The lowest BCUT2D eigenvalue weighted by atomic mass is 10.0. The van der Waals surface area contributed by atoms with E-state index >= 15 is 0 Å². The van der Waals surface area contributed by atoms with Crippen LogP contribution in [0.5, 0.6) is 5.75 Å². The number of hydrogen-bond acceptors (Lipinski definition) is 2. The number of ether oxygens (including phenoxy) is 1. The molecule has 0 radical (unpaired) electrons. The van der Waals surface area contributed by atoms with Crippen LogP contribution in [0.25, 0.3) is 0 Å². The van der Waals surface area contributed by atoms with Crippen LogP contribution in [0.3, 0.4) is 0 Å². The molecule has 2 rings (SSSR count). The van der Waals surface area contributed by atoms with E-state index in [0.29, 0.717) is 5.54 Å². The molecule has 0 aliphatic carbocycles. The molecular weight excluding hydrogens is 210 g/mol. The minimum Gasteiger partial charge on any atom is -0.492 e. The molecule has 0 saturated carbocycles. The zero-order chi connectivity index (χ0) is 12.3. The first kappa shape index (κ1) is 12.4. The first-order valence-electron chi connectivity index (χ1n) is 6.52. The molecule has 1 aliphatic heterocycles. The Labute approximate surface area is 105 Å². The van der Waals surface area contributed by atoms with Crippen molar-refractivity contribution in [1.82, 2.24) is 4.90 Å². The van der Waals surface area contributed by atoms with E-state index in [1.54, 1.807) is 0 Å². The molecule has 1 heterocycles. The zero-order valence-corrected chi connectivity index (χ0v) is 11.2. The van der Waals surface area contributed by atoms with Crippen LogP contribution in [0, 0.1) is 6.92 Å². The average molecular weight is 233 g/mol. The van der Waals surface area contributed by atoms with Crippen LogP contribution in [0.15, 0.2) is 24.3 Å². The summed E-state index contributed by atoms with van der Waals surface area (Å²) in [4.78, 5) is 2.53. The summed E-state index contributed by atoms with van der Waals surface area (Å²) in [5.74, 6) is 0.979. The van der Waals surface area contributed by atoms with Crippen LogP contribution in [0.4, 0.5) is 0 Å². The van der Waals surface area contributed by atoms with Crippen LogP contribution in [0.2, 0.25) is 0 Å². The van der Waals surface area contributed by atoms with Crippen molar-refractivity contribution < 1.29 is 4.74 Å². The maximum Gasteiger partial charge on any atom is 0.119 e. The Balaban J connectivity index is 1.78. The number of aryl methyl sites for hydroxylation is 1. The van der Waals surface area contributed by atoms with E-state index in [0.717, 1.165) is 18.9 Å². The maximum absolute atomic E-state index is 5.77. The fourth-order valence-corrected chi connectivity index (χ4v) is 2.49. The topological polar surface area (TPSA) is 12.5 Å². The van der Waals surface area contributed by atoms with Crippen LogP contribution in [-0.2, 0) is 0 Å². The van der Waals surface area contributed by atoms with E-state index in [2.05, 4.69) is 37.8 Å². The third kappa shape index (κ3) is 3.22. The summed E-state index contributed by atoms with van der Waals surface area (Å²) >= 11 is 0. The van der Waals surface area contributed by atoms with Gasteiger partial charge < -0.3 is 4.74 Å². The first-order chi connectivity index (χ1) is 8.08. The Bertz CT molecular complexity index is 356. The Kier molecular flexibility index (Phi) is 3.72. The van der Waals surface area contributed by atoms with E-state index in [9.17, 15) is 0 Å². The highest BCUT2D eigenvalue weighted by Crippen LogP contribution is 2.27. The number of likely N-dealkylation sites (tertiary alicyclic amines) is 1. The standard InChI is InChI=1S/C15H23NO/c1-13-5-7-14(8-6-13)17-12-11-16-10-4-9-15(16,2)3/h5-8H,4,9-12H2,1-3H3. The summed E-state index contributed by atoms with van der Waals surface area (Å²) in [7, 11) is 0. The summed E-state index contributed by atoms with van der Waals surface area (Å²) in [6.45, 7) is 9.77. The molecule has 1 aromatic rings. The molecule has 0 spiro atoms.